The van der Waals surface area contributed by atoms with Gasteiger partial charge in [-0.25, -0.2) is 18.6 Å². The molecule has 0 spiro atoms. The molecule has 2 aromatic carbocycles. The molecule has 8 heteroatoms. The van der Waals surface area contributed by atoms with Gasteiger partial charge >= 0.3 is 11.9 Å². The summed E-state index contributed by atoms with van der Waals surface area (Å²) in [4.78, 5) is 12.9. The molecule has 132 valence electrons. The molecule has 0 saturated heterocycles. The summed E-state index contributed by atoms with van der Waals surface area (Å²) in [6.07, 6.45) is 1.08. The molecule has 0 aliphatic rings. The number of anilines is 1. The van der Waals surface area contributed by atoms with Crippen LogP contribution < -0.4 is 16.9 Å². The number of hydrazone groups is 1. The number of nitrogens with two attached hydrogens (primary N) is 2. The van der Waals surface area contributed by atoms with E-state index in [1.807, 2.05) is 19.1 Å². The Kier molecular flexibility index (Phi) is 5.13. The second kappa shape index (κ2) is 6.94. The molecule has 0 saturated carbocycles. The van der Waals surface area contributed by atoms with E-state index in [-0.39, 0.29) is 16.4 Å². The Hall–Kier alpha value is -2.87. The molecule has 0 fully saturated rings. The third-order valence-electron chi connectivity index (χ3n) is 3.62. The van der Waals surface area contributed by atoms with Crippen LogP contribution in [0.4, 0.5) is 5.69 Å². The van der Waals surface area contributed by atoms with Gasteiger partial charge in [0.05, 0.1) is 16.1 Å². The number of sulfone groups is 1. The van der Waals surface area contributed by atoms with E-state index in [4.69, 9.17) is 11.5 Å². The highest BCUT2D eigenvalue weighted by molar-refractivity contribution is 7.90. The lowest BCUT2D eigenvalue weighted by Gasteiger charge is -2.12. The molecule has 5 N–H and O–H groups in total. The van der Waals surface area contributed by atoms with Crippen LogP contribution >= 0.6 is 0 Å². The molecule has 25 heavy (non-hydrogen) atoms. The van der Waals surface area contributed by atoms with Crippen molar-refractivity contribution < 1.29 is 17.9 Å². The van der Waals surface area contributed by atoms with Crippen LogP contribution in [0.2, 0.25) is 0 Å². The lowest BCUT2D eigenvalue weighted by Crippen LogP contribution is -2.42. The van der Waals surface area contributed by atoms with Gasteiger partial charge in [-0.15, -0.1) is 0 Å². The van der Waals surface area contributed by atoms with Crippen molar-refractivity contribution in [3.63, 3.8) is 0 Å². The molecule has 0 aliphatic heterocycles. The molecule has 0 heterocycles. The lowest BCUT2D eigenvalue weighted by molar-refractivity contribution is -0.396. The number of carbonyl (C=O) groups excluding carboxylic acids is 1. The number of nitrogens with zero attached hydrogens (tertiary/aromatic N) is 1. The number of benzene rings is 2. The minimum absolute atomic E-state index is 0.0485. The zero-order valence-electron chi connectivity index (χ0n) is 14.3. The Morgan fingerprint density at radius 3 is 2.16 bits per heavy atom. The van der Waals surface area contributed by atoms with Crippen LogP contribution in [0.3, 0.4) is 0 Å². The third-order valence-corrected chi connectivity index (χ3v) is 4.73. The molecule has 0 radical (unpaired) electrons. The van der Waals surface area contributed by atoms with E-state index in [0.29, 0.717) is 11.3 Å². The second-order valence-electron chi connectivity index (χ2n) is 5.79. The minimum atomic E-state index is -3.45. The van der Waals surface area contributed by atoms with Crippen LogP contribution in [0.1, 0.15) is 21.5 Å². The van der Waals surface area contributed by atoms with Crippen LogP contribution in [-0.4, -0.2) is 31.2 Å². The van der Waals surface area contributed by atoms with Gasteiger partial charge in [-0.1, -0.05) is 28.4 Å². The van der Waals surface area contributed by atoms with E-state index in [2.05, 4.69) is 5.43 Å². The van der Waals surface area contributed by atoms with Gasteiger partial charge in [-0.2, -0.15) is 0 Å². The lowest BCUT2D eigenvalue weighted by atomic mass is 10.1. The summed E-state index contributed by atoms with van der Waals surface area (Å²) in [6.45, 7) is 3.65. The maximum absolute atomic E-state index is 12.8. The van der Waals surface area contributed by atoms with Gasteiger partial charge in [-0.3, -0.25) is 11.5 Å². The Morgan fingerprint density at radius 2 is 1.64 bits per heavy atom. The summed E-state index contributed by atoms with van der Waals surface area (Å²) in [5.41, 5.74) is 16.6. The van der Waals surface area contributed by atoms with Gasteiger partial charge in [0, 0.05) is 6.26 Å². The van der Waals surface area contributed by atoms with Crippen molar-refractivity contribution in [2.24, 2.45) is 11.5 Å². The predicted molar refractivity (Wildman–Crippen MR) is 97.1 cm³/mol. The fourth-order valence-corrected chi connectivity index (χ4v) is 2.82. The van der Waals surface area contributed by atoms with Crippen LogP contribution in [0.25, 0.3) is 0 Å². The molecule has 0 atom stereocenters. The van der Waals surface area contributed by atoms with E-state index in [1.54, 1.807) is 25.1 Å². The minimum Gasteiger partial charge on any atom is -0.289 e. The maximum atomic E-state index is 12.8. The van der Waals surface area contributed by atoms with Gasteiger partial charge in [0.2, 0.25) is 0 Å². The summed E-state index contributed by atoms with van der Waals surface area (Å²) >= 11 is 0. The Bertz CT molecular complexity index is 944. The van der Waals surface area contributed by atoms with Crippen molar-refractivity contribution in [2.75, 3.05) is 11.7 Å². The predicted octanol–water partition coefficient (Wildman–Crippen LogP) is 1.16. The fourth-order valence-electron chi connectivity index (χ4n) is 2.17. The molecule has 2 aromatic rings. The Labute approximate surface area is 146 Å². The van der Waals surface area contributed by atoms with Crippen LogP contribution in [0.5, 0.6) is 0 Å². The molecular formula is C17H21N4O3S+. The van der Waals surface area contributed by atoms with Crippen molar-refractivity contribution in [2.45, 2.75) is 18.7 Å². The third kappa shape index (κ3) is 4.36. The zero-order chi connectivity index (χ0) is 18.8. The van der Waals surface area contributed by atoms with Crippen LogP contribution in [-0.2, 0) is 9.84 Å². The summed E-state index contributed by atoms with van der Waals surface area (Å²) in [5.74, 6) is -0.807. The van der Waals surface area contributed by atoms with E-state index in [9.17, 15) is 13.2 Å². The van der Waals surface area contributed by atoms with Crippen molar-refractivity contribution in [1.29, 1.82) is 0 Å². The van der Waals surface area contributed by atoms with Crippen molar-refractivity contribution in [3.8, 4) is 0 Å². The monoisotopic (exact) mass is 361 g/mol. The van der Waals surface area contributed by atoms with E-state index >= 15 is 0 Å². The Morgan fingerprint density at radius 1 is 1.04 bits per heavy atom. The van der Waals surface area contributed by atoms with Crippen molar-refractivity contribution in [3.05, 3.63) is 59.2 Å². The number of carbonyl (C=O) groups is 1. The summed E-state index contributed by atoms with van der Waals surface area (Å²) < 4.78 is 24.5. The molecule has 2 rings (SSSR count). The number of rotatable bonds is 4. The van der Waals surface area contributed by atoms with Gasteiger partial charge in [-0.05, 0) is 43.7 Å². The number of hydrogen-bond donors (Lipinski definition) is 3. The van der Waals surface area contributed by atoms with Gasteiger partial charge in [0.1, 0.15) is 0 Å². The summed E-state index contributed by atoms with van der Waals surface area (Å²) in [7, 11) is -3.45. The molecule has 1 amide bonds. The highest BCUT2D eigenvalue weighted by Gasteiger charge is 2.22. The standard InChI is InChI=1S/C17H20N4O3S/c1-11-4-7-13(8-5-11)20-21(17(18)19)16(22)15-10-14(25(3,23)24)9-6-12(15)2/h4-10,20H,1-3H3,(H3,18,19)/p+1. The van der Waals surface area contributed by atoms with Gasteiger partial charge in [0.15, 0.2) is 9.84 Å². The average Bonchev–Trinajstić information content (AvgIpc) is 2.52. The number of nitrogens with one attached hydrogen (secondary N) is 1. The molecule has 0 aliphatic carbocycles. The van der Waals surface area contributed by atoms with Gasteiger partial charge < -0.3 is 0 Å². The van der Waals surface area contributed by atoms with Crippen LogP contribution in [0, 0.1) is 13.8 Å². The number of hydrogen-bond acceptors (Lipinski definition) is 4. The topological polar surface area (TPSA) is 118 Å². The van der Waals surface area contributed by atoms with E-state index in [1.165, 1.54) is 12.1 Å². The molecular weight excluding hydrogens is 340 g/mol. The second-order valence-corrected chi connectivity index (χ2v) is 7.81. The normalized spacial score (nSPS) is 11.0. The van der Waals surface area contributed by atoms with E-state index < -0.39 is 15.7 Å². The quantitative estimate of drug-likeness (QED) is 0.325. The number of amides is 1. The highest BCUT2D eigenvalue weighted by Crippen LogP contribution is 2.17. The van der Waals surface area contributed by atoms with Crippen molar-refractivity contribution in [1.82, 2.24) is 0 Å². The van der Waals surface area contributed by atoms with Crippen molar-refractivity contribution >= 4 is 27.4 Å². The highest BCUT2D eigenvalue weighted by atomic mass is 32.2. The van der Waals surface area contributed by atoms with E-state index in [0.717, 1.165) is 16.5 Å². The maximum Gasteiger partial charge on any atom is 0.371 e. The molecule has 0 unspecified atom stereocenters. The molecule has 7 nitrogen and oxygen atoms in total. The first kappa shape index (κ1) is 18.5. The van der Waals surface area contributed by atoms with Crippen LogP contribution in [0.15, 0.2) is 47.4 Å². The molecule has 0 aromatic heterocycles. The molecule has 0 bridgehead atoms. The first-order chi connectivity index (χ1) is 11.6. The first-order valence-electron chi connectivity index (χ1n) is 7.46. The fraction of sp³-hybridized carbons (Fsp3) is 0.176. The number of aryl methyl sites for hydroxylation is 2. The summed E-state index contributed by atoms with van der Waals surface area (Å²) in [6, 6.07) is 11.6. The number of hydrazine groups is 1. The largest absolute Gasteiger partial charge is 0.371 e. The average molecular weight is 361 g/mol. The summed E-state index contributed by atoms with van der Waals surface area (Å²) in [5, 5.41) is 0. The first-order valence-corrected chi connectivity index (χ1v) is 9.35. The zero-order valence-corrected chi connectivity index (χ0v) is 15.1. The van der Waals surface area contributed by atoms with Gasteiger partial charge in [0.25, 0.3) is 0 Å². The number of guanidine groups is 1. The smallest absolute Gasteiger partial charge is 0.289 e. The SMILES string of the molecule is Cc1ccc(N[N+](C(=O)c2cc(S(C)(=O)=O)ccc2C)=C(N)N)cc1. The Balaban J connectivity index is 2.45.